The molecular formula is C16H15Br2NO2. The van der Waals surface area contributed by atoms with Crippen molar-refractivity contribution in [2.24, 2.45) is 0 Å². The highest BCUT2D eigenvalue weighted by atomic mass is 79.9. The summed E-state index contributed by atoms with van der Waals surface area (Å²) in [6.45, 7) is 0.506. The molecule has 0 saturated carbocycles. The number of amides is 1. The van der Waals surface area contributed by atoms with Crippen LogP contribution in [-0.2, 0) is 0 Å². The Labute approximate surface area is 141 Å². The maximum atomic E-state index is 12.3. The molecule has 2 aromatic carbocycles. The molecule has 5 heteroatoms. The zero-order valence-electron chi connectivity index (χ0n) is 11.5. The maximum absolute atomic E-state index is 12.3. The second-order valence-corrected chi connectivity index (χ2v) is 6.39. The number of rotatable bonds is 5. The van der Waals surface area contributed by atoms with Gasteiger partial charge in [0.05, 0.1) is 17.5 Å². The fourth-order valence-electron chi connectivity index (χ4n) is 1.86. The van der Waals surface area contributed by atoms with Gasteiger partial charge in [-0.1, -0.05) is 46.3 Å². The van der Waals surface area contributed by atoms with E-state index in [1.54, 1.807) is 25.3 Å². The number of benzene rings is 2. The predicted molar refractivity (Wildman–Crippen MR) is 91.1 cm³/mol. The number of hydrogen-bond donors (Lipinski definition) is 1. The Kier molecular flexibility index (Phi) is 5.82. The van der Waals surface area contributed by atoms with Crippen molar-refractivity contribution >= 4 is 37.8 Å². The molecule has 0 fully saturated rings. The van der Waals surface area contributed by atoms with E-state index in [0.717, 1.165) is 10.0 Å². The molecule has 0 aliphatic rings. The summed E-state index contributed by atoms with van der Waals surface area (Å²) in [6.07, 6.45) is 0. The third kappa shape index (κ3) is 4.32. The van der Waals surface area contributed by atoms with Crippen LogP contribution in [0.2, 0.25) is 0 Å². The first kappa shape index (κ1) is 16.0. The van der Waals surface area contributed by atoms with Crippen molar-refractivity contribution in [2.45, 2.75) is 4.83 Å². The molecule has 2 rings (SSSR count). The van der Waals surface area contributed by atoms with E-state index in [0.29, 0.717) is 17.9 Å². The average molecular weight is 413 g/mol. The van der Waals surface area contributed by atoms with Gasteiger partial charge in [-0.2, -0.15) is 0 Å². The third-order valence-electron chi connectivity index (χ3n) is 3.02. The van der Waals surface area contributed by atoms with Crippen molar-refractivity contribution in [1.29, 1.82) is 0 Å². The molecule has 0 bridgehead atoms. The van der Waals surface area contributed by atoms with E-state index in [1.165, 1.54) is 0 Å². The highest BCUT2D eigenvalue weighted by Gasteiger charge is 2.13. The fourth-order valence-corrected chi connectivity index (χ4v) is 2.76. The first-order valence-corrected chi connectivity index (χ1v) is 8.13. The van der Waals surface area contributed by atoms with E-state index in [1.807, 2.05) is 30.3 Å². The van der Waals surface area contributed by atoms with Crippen molar-refractivity contribution < 1.29 is 9.53 Å². The molecule has 0 spiro atoms. The Morgan fingerprint density at radius 2 is 1.95 bits per heavy atom. The van der Waals surface area contributed by atoms with Crippen molar-refractivity contribution in [3.63, 3.8) is 0 Å². The largest absolute Gasteiger partial charge is 0.497 e. The highest BCUT2D eigenvalue weighted by molar-refractivity contribution is 9.10. The van der Waals surface area contributed by atoms with E-state index in [2.05, 4.69) is 37.2 Å². The Bertz CT molecular complexity index is 617. The molecular weight excluding hydrogens is 398 g/mol. The van der Waals surface area contributed by atoms with Crippen LogP contribution < -0.4 is 10.1 Å². The van der Waals surface area contributed by atoms with Gasteiger partial charge in [0.25, 0.3) is 5.91 Å². The Hall–Kier alpha value is -1.33. The van der Waals surface area contributed by atoms with Crippen LogP contribution in [0.1, 0.15) is 20.7 Å². The van der Waals surface area contributed by atoms with E-state index in [9.17, 15) is 4.79 Å². The summed E-state index contributed by atoms with van der Waals surface area (Å²) in [5.41, 5.74) is 1.68. The van der Waals surface area contributed by atoms with Crippen LogP contribution in [0.3, 0.4) is 0 Å². The first-order chi connectivity index (χ1) is 10.1. The van der Waals surface area contributed by atoms with Gasteiger partial charge in [-0.25, -0.2) is 0 Å². The summed E-state index contributed by atoms with van der Waals surface area (Å²) >= 11 is 6.97. The number of hydrogen-bond acceptors (Lipinski definition) is 2. The molecule has 0 saturated heterocycles. The lowest BCUT2D eigenvalue weighted by Gasteiger charge is -2.13. The Morgan fingerprint density at radius 3 is 2.62 bits per heavy atom. The summed E-state index contributed by atoms with van der Waals surface area (Å²) < 4.78 is 5.89. The molecule has 21 heavy (non-hydrogen) atoms. The number of nitrogens with one attached hydrogen (secondary N) is 1. The summed E-state index contributed by atoms with van der Waals surface area (Å²) in [7, 11) is 1.58. The number of halogens is 2. The lowest BCUT2D eigenvalue weighted by molar-refractivity contribution is 0.0953. The van der Waals surface area contributed by atoms with Crippen LogP contribution >= 0.6 is 31.9 Å². The minimum absolute atomic E-state index is 0.0760. The summed E-state index contributed by atoms with van der Waals surface area (Å²) in [5, 5.41) is 2.92. The van der Waals surface area contributed by atoms with Crippen molar-refractivity contribution in [2.75, 3.05) is 13.7 Å². The van der Waals surface area contributed by atoms with Crippen LogP contribution in [0, 0.1) is 0 Å². The molecule has 0 heterocycles. The number of alkyl halides is 1. The number of carbonyl (C=O) groups is 1. The van der Waals surface area contributed by atoms with Crippen LogP contribution in [0.15, 0.2) is 53.0 Å². The van der Waals surface area contributed by atoms with Gasteiger partial charge in [0.2, 0.25) is 0 Å². The average Bonchev–Trinajstić information content (AvgIpc) is 2.53. The van der Waals surface area contributed by atoms with Crippen LogP contribution in [-0.4, -0.2) is 19.6 Å². The second-order valence-electron chi connectivity index (χ2n) is 4.43. The van der Waals surface area contributed by atoms with Crippen LogP contribution in [0.4, 0.5) is 0 Å². The number of carbonyl (C=O) groups excluding carboxylic acids is 1. The van der Waals surface area contributed by atoms with Crippen molar-refractivity contribution in [1.82, 2.24) is 5.32 Å². The lowest BCUT2D eigenvalue weighted by atomic mass is 10.1. The molecule has 0 radical (unpaired) electrons. The van der Waals surface area contributed by atoms with Gasteiger partial charge in [0.15, 0.2) is 0 Å². The van der Waals surface area contributed by atoms with Crippen LogP contribution in [0.25, 0.3) is 0 Å². The maximum Gasteiger partial charge on any atom is 0.252 e. The smallest absolute Gasteiger partial charge is 0.252 e. The molecule has 2 aromatic rings. The molecule has 0 aliphatic heterocycles. The quantitative estimate of drug-likeness (QED) is 0.742. The van der Waals surface area contributed by atoms with E-state index in [-0.39, 0.29) is 10.7 Å². The third-order valence-corrected chi connectivity index (χ3v) is 4.57. The summed E-state index contributed by atoms with van der Waals surface area (Å²) in [4.78, 5) is 12.3. The van der Waals surface area contributed by atoms with Gasteiger partial charge in [-0.15, -0.1) is 0 Å². The highest BCUT2D eigenvalue weighted by Crippen LogP contribution is 2.24. The van der Waals surface area contributed by atoms with E-state index >= 15 is 0 Å². The van der Waals surface area contributed by atoms with E-state index < -0.39 is 0 Å². The second kappa shape index (κ2) is 7.61. The van der Waals surface area contributed by atoms with E-state index in [4.69, 9.17) is 4.74 Å². The molecule has 3 nitrogen and oxygen atoms in total. The zero-order chi connectivity index (χ0) is 15.2. The number of methoxy groups -OCH3 is 1. The zero-order valence-corrected chi connectivity index (χ0v) is 14.6. The van der Waals surface area contributed by atoms with Gasteiger partial charge in [0.1, 0.15) is 5.75 Å². The molecule has 1 unspecified atom stereocenters. The van der Waals surface area contributed by atoms with Crippen LogP contribution in [0.5, 0.6) is 5.75 Å². The van der Waals surface area contributed by atoms with Gasteiger partial charge >= 0.3 is 0 Å². The SMILES string of the molecule is COc1ccc(Br)c(C(=O)NCC(Br)c2ccccc2)c1. The topological polar surface area (TPSA) is 38.3 Å². The van der Waals surface area contributed by atoms with Gasteiger partial charge in [-0.3, -0.25) is 4.79 Å². The minimum atomic E-state index is -0.138. The van der Waals surface area contributed by atoms with Crippen molar-refractivity contribution in [3.05, 3.63) is 64.1 Å². The summed E-state index contributed by atoms with van der Waals surface area (Å²) in [6, 6.07) is 15.3. The van der Waals surface area contributed by atoms with Crippen molar-refractivity contribution in [3.8, 4) is 5.75 Å². The lowest BCUT2D eigenvalue weighted by Crippen LogP contribution is -2.27. The van der Waals surface area contributed by atoms with Gasteiger partial charge < -0.3 is 10.1 Å². The molecule has 1 amide bonds. The monoisotopic (exact) mass is 411 g/mol. The minimum Gasteiger partial charge on any atom is -0.497 e. The molecule has 1 atom stereocenters. The molecule has 110 valence electrons. The molecule has 1 N–H and O–H groups in total. The first-order valence-electron chi connectivity index (χ1n) is 6.42. The van der Waals surface area contributed by atoms with Gasteiger partial charge in [-0.05, 0) is 39.7 Å². The molecule has 0 aromatic heterocycles. The molecule has 0 aliphatic carbocycles. The summed E-state index contributed by atoms with van der Waals surface area (Å²) in [5.74, 6) is 0.517. The Morgan fingerprint density at radius 1 is 1.24 bits per heavy atom. The number of ether oxygens (including phenoxy) is 1. The standard InChI is InChI=1S/C16H15Br2NO2/c1-21-12-7-8-14(17)13(9-12)16(20)19-10-15(18)11-5-3-2-4-6-11/h2-9,15H,10H2,1H3,(H,19,20). The predicted octanol–water partition coefficient (Wildman–Crippen LogP) is 4.32. The fraction of sp³-hybridized carbons (Fsp3) is 0.188. The Balaban J connectivity index is 2.02. The van der Waals surface area contributed by atoms with Gasteiger partial charge in [0, 0.05) is 11.0 Å². The normalized spacial score (nSPS) is 11.8.